The molecule has 1 aliphatic carbocycles. The molecule has 0 saturated heterocycles. The highest BCUT2D eigenvalue weighted by molar-refractivity contribution is 6.05. The van der Waals surface area contributed by atoms with Crippen LogP contribution in [-0.2, 0) is 0 Å². The van der Waals surface area contributed by atoms with Crippen molar-refractivity contribution in [3.05, 3.63) is 29.8 Å². The molecule has 23 heavy (non-hydrogen) atoms. The molecule has 0 radical (unpaired) electrons. The third-order valence-corrected chi connectivity index (χ3v) is 4.47. The van der Waals surface area contributed by atoms with Gasteiger partial charge in [-0.2, -0.15) is 4.99 Å². The zero-order chi connectivity index (χ0) is 16.4. The minimum absolute atomic E-state index is 0.119. The van der Waals surface area contributed by atoms with Crippen LogP contribution in [0.15, 0.2) is 34.3 Å². The average molecular weight is 314 g/mol. The lowest BCUT2D eigenvalue weighted by molar-refractivity contribution is 0.0963. The number of nitrogens with two attached hydrogens (primary N) is 2. The minimum atomic E-state index is -0.456. The Kier molecular flexibility index (Phi) is 3.94. The quantitative estimate of drug-likeness (QED) is 0.761. The van der Waals surface area contributed by atoms with Crippen LogP contribution < -0.4 is 21.7 Å². The Morgan fingerprint density at radius 2 is 1.83 bits per heavy atom. The summed E-state index contributed by atoms with van der Waals surface area (Å²) in [6, 6.07) is 7.31. The lowest BCUT2D eigenvalue weighted by atomic mass is 9.87. The zero-order valence-corrected chi connectivity index (χ0v) is 13.2. The van der Waals surface area contributed by atoms with Crippen LogP contribution in [0, 0.1) is 0 Å². The van der Waals surface area contributed by atoms with E-state index in [2.05, 4.69) is 15.3 Å². The van der Waals surface area contributed by atoms with Crippen LogP contribution in [0.2, 0.25) is 0 Å². The van der Waals surface area contributed by atoms with Crippen molar-refractivity contribution in [1.29, 1.82) is 0 Å². The zero-order valence-electron chi connectivity index (χ0n) is 13.2. The van der Waals surface area contributed by atoms with E-state index >= 15 is 0 Å². The van der Waals surface area contributed by atoms with E-state index in [1.807, 2.05) is 17.0 Å². The molecule has 3 rings (SSSR count). The summed E-state index contributed by atoms with van der Waals surface area (Å²) in [4.78, 5) is 22.4. The number of hydrogen-bond acceptors (Lipinski definition) is 6. The number of amides is 1. The van der Waals surface area contributed by atoms with Crippen molar-refractivity contribution in [1.82, 2.24) is 5.32 Å². The fraction of sp³-hybridized carbons (Fsp3) is 0.438. The van der Waals surface area contributed by atoms with Gasteiger partial charge in [0.1, 0.15) is 5.66 Å². The van der Waals surface area contributed by atoms with Crippen LogP contribution in [0.3, 0.4) is 0 Å². The molecule has 1 heterocycles. The van der Waals surface area contributed by atoms with E-state index in [1.165, 1.54) is 6.42 Å². The summed E-state index contributed by atoms with van der Waals surface area (Å²) < 4.78 is 0. The van der Waals surface area contributed by atoms with Gasteiger partial charge < -0.3 is 16.8 Å². The predicted molar refractivity (Wildman–Crippen MR) is 91.4 cm³/mol. The Hall–Kier alpha value is -2.57. The largest absolute Gasteiger partial charge is 0.369 e. The summed E-state index contributed by atoms with van der Waals surface area (Å²) in [6.07, 6.45) is 5.13. The van der Waals surface area contributed by atoms with Gasteiger partial charge >= 0.3 is 0 Å². The molecule has 0 bridgehead atoms. The molecule has 7 heteroatoms. The number of benzene rings is 1. The fourth-order valence-corrected chi connectivity index (χ4v) is 3.40. The number of hydrogen-bond donors (Lipinski definition) is 3. The van der Waals surface area contributed by atoms with Gasteiger partial charge in [0.25, 0.3) is 5.91 Å². The van der Waals surface area contributed by atoms with Gasteiger partial charge in [-0.25, -0.2) is 4.99 Å². The van der Waals surface area contributed by atoms with Gasteiger partial charge in [-0.15, -0.1) is 0 Å². The topological polar surface area (TPSA) is 109 Å². The number of nitrogens with one attached hydrogen (secondary N) is 1. The van der Waals surface area contributed by atoms with Gasteiger partial charge in [0.05, 0.1) is 0 Å². The van der Waals surface area contributed by atoms with Crippen molar-refractivity contribution in [3.8, 4) is 0 Å². The highest BCUT2D eigenvalue weighted by Gasteiger charge is 2.42. The monoisotopic (exact) mass is 314 g/mol. The van der Waals surface area contributed by atoms with Gasteiger partial charge in [-0.3, -0.25) is 9.69 Å². The normalized spacial score (nSPS) is 20.0. The lowest BCUT2D eigenvalue weighted by Gasteiger charge is -2.45. The SMILES string of the molecule is CNC(=O)c1ccc(N2C(N)=NC(N)=NC23CCCCC3)cc1. The number of nitrogens with zero attached hydrogens (tertiary/aromatic N) is 3. The average Bonchev–Trinajstić information content (AvgIpc) is 2.54. The van der Waals surface area contributed by atoms with E-state index in [1.54, 1.807) is 19.2 Å². The highest BCUT2D eigenvalue weighted by Crippen LogP contribution is 2.39. The molecule has 1 fully saturated rings. The Labute approximate surface area is 135 Å². The number of rotatable bonds is 2. The molecule has 0 unspecified atom stereocenters. The molecular formula is C16H22N6O. The first-order valence-electron chi connectivity index (χ1n) is 7.88. The lowest BCUT2D eigenvalue weighted by Crippen LogP contribution is -2.58. The number of carbonyl (C=O) groups is 1. The molecule has 1 aromatic carbocycles. The molecule has 1 amide bonds. The third-order valence-electron chi connectivity index (χ3n) is 4.47. The summed E-state index contributed by atoms with van der Waals surface area (Å²) in [5.41, 5.74) is 13.0. The maximum Gasteiger partial charge on any atom is 0.251 e. The van der Waals surface area contributed by atoms with Crippen molar-refractivity contribution in [2.75, 3.05) is 11.9 Å². The Morgan fingerprint density at radius 3 is 2.43 bits per heavy atom. The van der Waals surface area contributed by atoms with E-state index < -0.39 is 5.66 Å². The smallest absolute Gasteiger partial charge is 0.251 e. The predicted octanol–water partition coefficient (Wildman–Crippen LogP) is 1.16. The molecule has 5 N–H and O–H groups in total. The highest BCUT2D eigenvalue weighted by atomic mass is 16.1. The van der Waals surface area contributed by atoms with E-state index in [-0.39, 0.29) is 11.9 Å². The summed E-state index contributed by atoms with van der Waals surface area (Å²) in [7, 11) is 1.61. The van der Waals surface area contributed by atoms with Crippen LogP contribution in [0.4, 0.5) is 5.69 Å². The maximum atomic E-state index is 11.7. The van der Waals surface area contributed by atoms with Crippen LogP contribution in [0.25, 0.3) is 0 Å². The van der Waals surface area contributed by atoms with Gasteiger partial charge in [-0.1, -0.05) is 6.42 Å². The van der Waals surface area contributed by atoms with Crippen LogP contribution >= 0.6 is 0 Å². The summed E-state index contributed by atoms with van der Waals surface area (Å²) >= 11 is 0. The van der Waals surface area contributed by atoms with Gasteiger partial charge in [-0.05, 0) is 49.9 Å². The van der Waals surface area contributed by atoms with Gasteiger partial charge in [0.2, 0.25) is 11.9 Å². The number of aliphatic imine (C=N–C) groups is 2. The Morgan fingerprint density at radius 1 is 1.17 bits per heavy atom. The van der Waals surface area contributed by atoms with Crippen molar-refractivity contribution in [3.63, 3.8) is 0 Å². The van der Waals surface area contributed by atoms with Crippen molar-refractivity contribution >= 4 is 23.5 Å². The van der Waals surface area contributed by atoms with E-state index in [0.717, 1.165) is 31.4 Å². The molecule has 0 aromatic heterocycles. The van der Waals surface area contributed by atoms with E-state index in [4.69, 9.17) is 11.5 Å². The Bertz CT molecular complexity index is 658. The second kappa shape index (κ2) is 5.91. The van der Waals surface area contributed by atoms with Crippen LogP contribution in [-0.4, -0.2) is 30.5 Å². The third kappa shape index (κ3) is 2.74. The van der Waals surface area contributed by atoms with E-state index in [9.17, 15) is 4.79 Å². The molecule has 2 aliphatic rings. The summed E-state index contributed by atoms with van der Waals surface area (Å²) in [6.45, 7) is 0. The molecule has 1 aromatic rings. The first-order valence-corrected chi connectivity index (χ1v) is 7.88. The summed E-state index contributed by atoms with van der Waals surface area (Å²) in [5, 5.41) is 2.61. The van der Waals surface area contributed by atoms with Gasteiger partial charge in [0, 0.05) is 18.3 Å². The minimum Gasteiger partial charge on any atom is -0.369 e. The van der Waals surface area contributed by atoms with E-state index in [0.29, 0.717) is 11.5 Å². The van der Waals surface area contributed by atoms with Crippen molar-refractivity contribution in [2.45, 2.75) is 37.8 Å². The molecular weight excluding hydrogens is 292 g/mol. The molecule has 122 valence electrons. The van der Waals surface area contributed by atoms with Crippen LogP contribution in [0.1, 0.15) is 42.5 Å². The second-order valence-electron chi connectivity index (χ2n) is 5.94. The molecule has 1 aliphatic heterocycles. The Balaban J connectivity index is 1.98. The van der Waals surface area contributed by atoms with Crippen LogP contribution in [0.5, 0.6) is 0 Å². The second-order valence-corrected chi connectivity index (χ2v) is 5.94. The summed E-state index contributed by atoms with van der Waals surface area (Å²) in [5.74, 6) is 0.473. The van der Waals surface area contributed by atoms with Crippen molar-refractivity contribution < 1.29 is 4.79 Å². The maximum absolute atomic E-state index is 11.7. The number of carbonyl (C=O) groups excluding carboxylic acids is 1. The van der Waals surface area contributed by atoms with Crippen molar-refractivity contribution in [2.24, 2.45) is 21.5 Å². The van der Waals surface area contributed by atoms with Gasteiger partial charge in [0.15, 0.2) is 0 Å². The standard InChI is InChI=1S/C16H22N6O/c1-19-13(23)11-5-7-12(8-6-11)22-15(18)20-14(17)21-16(22)9-3-2-4-10-16/h5-8H,2-4,9-10H2,1H3,(H,19,23)(H4,17,18,20,21). The molecule has 0 atom stereocenters. The molecule has 1 saturated carbocycles. The number of guanidine groups is 2. The molecule has 7 nitrogen and oxygen atoms in total. The first kappa shape index (κ1) is 15.3. The molecule has 1 spiro atoms. The number of anilines is 1. The first-order chi connectivity index (χ1) is 11.1. The fourth-order valence-electron chi connectivity index (χ4n) is 3.40.